The summed E-state index contributed by atoms with van der Waals surface area (Å²) in [6.45, 7) is 0.893. The number of aliphatic imine (C=N–C) groups is 1. The van der Waals surface area contributed by atoms with Crippen molar-refractivity contribution in [1.29, 1.82) is 0 Å². The second-order valence-corrected chi connectivity index (χ2v) is 8.16. The number of nitrogens with zero attached hydrogens (tertiary/aromatic N) is 2. The Morgan fingerprint density at radius 3 is 3.08 bits per heavy atom. The van der Waals surface area contributed by atoms with Crippen LogP contribution in [0.4, 0.5) is 5.13 Å². The lowest BCUT2D eigenvalue weighted by molar-refractivity contribution is -0.115. The highest BCUT2D eigenvalue weighted by Crippen LogP contribution is 2.32. The number of methoxy groups -OCH3 is 1. The number of thioether (sulfide) groups is 2. The van der Waals surface area contributed by atoms with Crippen LogP contribution in [0.5, 0.6) is 5.75 Å². The first-order chi connectivity index (χ1) is 11.8. The van der Waals surface area contributed by atoms with Crippen molar-refractivity contribution in [1.82, 2.24) is 4.98 Å². The van der Waals surface area contributed by atoms with Crippen molar-refractivity contribution in [2.24, 2.45) is 4.99 Å². The molecule has 0 atom stereocenters. The predicted molar refractivity (Wildman–Crippen MR) is 105 cm³/mol. The van der Waals surface area contributed by atoms with Crippen molar-refractivity contribution in [3.8, 4) is 17.0 Å². The maximum atomic E-state index is 12.0. The summed E-state index contributed by atoms with van der Waals surface area (Å²) >= 11 is 4.83. The lowest BCUT2D eigenvalue weighted by atomic mass is 10.1. The average molecular weight is 380 g/mol. The predicted octanol–water partition coefficient (Wildman–Crippen LogP) is 3.98. The Hall–Kier alpha value is -1.51. The molecule has 3 rings (SSSR count). The van der Waals surface area contributed by atoms with Crippen LogP contribution in [0.25, 0.3) is 11.3 Å². The Bertz CT molecular complexity index is 746. The highest BCUT2D eigenvalue weighted by atomic mass is 32.2. The van der Waals surface area contributed by atoms with Gasteiger partial charge in [-0.05, 0) is 12.1 Å². The van der Waals surface area contributed by atoms with E-state index in [1.807, 2.05) is 29.6 Å². The number of carbonyl (C=O) groups excluding carboxylic acids is 1. The van der Waals surface area contributed by atoms with E-state index in [-0.39, 0.29) is 5.91 Å². The van der Waals surface area contributed by atoms with E-state index in [0.717, 1.165) is 39.4 Å². The molecule has 1 N–H and O–H groups in total. The molecule has 1 aliphatic rings. The van der Waals surface area contributed by atoms with E-state index in [1.54, 1.807) is 30.6 Å². The number of rotatable bonds is 6. The van der Waals surface area contributed by atoms with E-state index in [4.69, 9.17) is 4.74 Å². The topological polar surface area (TPSA) is 63.6 Å². The van der Waals surface area contributed by atoms with Gasteiger partial charge in [0, 0.05) is 28.9 Å². The Labute approximate surface area is 153 Å². The SMILES string of the molecule is COc1ccccc1-c1csc(NC(=O)CCSC2=NCCS2)n1. The van der Waals surface area contributed by atoms with Gasteiger partial charge in [-0.25, -0.2) is 4.98 Å². The van der Waals surface area contributed by atoms with Gasteiger partial charge in [0.2, 0.25) is 5.91 Å². The number of ether oxygens (including phenoxy) is 1. The molecular weight excluding hydrogens is 362 g/mol. The minimum Gasteiger partial charge on any atom is -0.496 e. The van der Waals surface area contributed by atoms with Gasteiger partial charge in [0.1, 0.15) is 10.1 Å². The fraction of sp³-hybridized carbons (Fsp3) is 0.312. The molecule has 0 fully saturated rings. The Kier molecular flexibility index (Phi) is 6.17. The molecule has 0 radical (unpaired) electrons. The lowest BCUT2D eigenvalue weighted by Crippen LogP contribution is -2.12. The third-order valence-corrected chi connectivity index (χ3v) is 6.26. The zero-order valence-corrected chi connectivity index (χ0v) is 15.6. The number of aromatic nitrogens is 1. The van der Waals surface area contributed by atoms with Crippen LogP contribution in [-0.4, -0.2) is 40.4 Å². The summed E-state index contributed by atoms with van der Waals surface area (Å²) in [6, 6.07) is 7.71. The quantitative estimate of drug-likeness (QED) is 0.822. The van der Waals surface area contributed by atoms with Crippen LogP contribution < -0.4 is 10.1 Å². The molecule has 1 aromatic carbocycles. The smallest absolute Gasteiger partial charge is 0.226 e. The molecule has 0 bridgehead atoms. The summed E-state index contributed by atoms with van der Waals surface area (Å²) < 4.78 is 6.45. The van der Waals surface area contributed by atoms with Crippen molar-refractivity contribution >= 4 is 50.3 Å². The molecule has 126 valence electrons. The molecule has 1 aliphatic heterocycles. The van der Waals surface area contributed by atoms with E-state index in [1.165, 1.54) is 11.3 Å². The second kappa shape index (κ2) is 8.55. The molecule has 1 amide bonds. The maximum Gasteiger partial charge on any atom is 0.226 e. The van der Waals surface area contributed by atoms with Gasteiger partial charge >= 0.3 is 0 Å². The van der Waals surface area contributed by atoms with Crippen LogP contribution in [0.3, 0.4) is 0 Å². The molecule has 24 heavy (non-hydrogen) atoms. The van der Waals surface area contributed by atoms with Gasteiger partial charge in [0.05, 0.1) is 19.3 Å². The van der Waals surface area contributed by atoms with E-state index < -0.39 is 0 Å². The third-order valence-electron chi connectivity index (χ3n) is 3.25. The number of benzene rings is 1. The van der Waals surface area contributed by atoms with Crippen LogP contribution in [0.2, 0.25) is 0 Å². The largest absolute Gasteiger partial charge is 0.496 e. The molecule has 2 aromatic rings. The first-order valence-electron chi connectivity index (χ1n) is 7.45. The summed E-state index contributed by atoms with van der Waals surface area (Å²) in [7, 11) is 1.64. The Balaban J connectivity index is 1.54. The van der Waals surface area contributed by atoms with Gasteiger partial charge in [-0.3, -0.25) is 9.79 Å². The zero-order chi connectivity index (χ0) is 16.8. The zero-order valence-electron chi connectivity index (χ0n) is 13.2. The third kappa shape index (κ3) is 4.52. The number of anilines is 1. The first kappa shape index (κ1) is 17.3. The monoisotopic (exact) mass is 379 g/mol. The average Bonchev–Trinajstić information content (AvgIpc) is 3.27. The number of thiazole rings is 1. The molecule has 8 heteroatoms. The van der Waals surface area contributed by atoms with Crippen molar-refractivity contribution < 1.29 is 9.53 Å². The normalized spacial score (nSPS) is 13.6. The Morgan fingerprint density at radius 2 is 2.29 bits per heavy atom. The van der Waals surface area contributed by atoms with Gasteiger partial charge in [0.15, 0.2) is 5.13 Å². The standard InChI is InChI=1S/C16H17N3O2S3/c1-21-13-5-3-2-4-11(13)12-10-24-15(18-12)19-14(20)6-8-22-16-17-7-9-23-16/h2-5,10H,6-9H2,1H3,(H,18,19,20). The lowest BCUT2D eigenvalue weighted by Gasteiger charge is -2.05. The highest BCUT2D eigenvalue weighted by molar-refractivity contribution is 8.39. The van der Waals surface area contributed by atoms with Gasteiger partial charge < -0.3 is 10.1 Å². The first-order valence-corrected chi connectivity index (χ1v) is 10.3. The van der Waals surface area contributed by atoms with Crippen LogP contribution in [0.15, 0.2) is 34.6 Å². The van der Waals surface area contributed by atoms with Crippen LogP contribution in [-0.2, 0) is 4.79 Å². The molecule has 0 saturated heterocycles. The summed E-state index contributed by atoms with van der Waals surface area (Å²) in [5.41, 5.74) is 1.72. The molecular formula is C16H17N3O2S3. The molecule has 5 nitrogen and oxygen atoms in total. The fourth-order valence-electron chi connectivity index (χ4n) is 2.13. The number of carbonyl (C=O) groups is 1. The number of amides is 1. The number of para-hydroxylation sites is 1. The van der Waals surface area contributed by atoms with Crippen molar-refractivity contribution in [3.63, 3.8) is 0 Å². The molecule has 0 spiro atoms. The molecule has 0 saturated carbocycles. The van der Waals surface area contributed by atoms with Gasteiger partial charge in [-0.15, -0.1) is 11.3 Å². The van der Waals surface area contributed by atoms with Crippen LogP contribution >= 0.6 is 34.9 Å². The van der Waals surface area contributed by atoms with E-state index in [2.05, 4.69) is 15.3 Å². The number of hydrogen-bond acceptors (Lipinski definition) is 7. The summed E-state index contributed by atoms with van der Waals surface area (Å²) in [6.07, 6.45) is 0.452. The highest BCUT2D eigenvalue weighted by Gasteiger charge is 2.12. The minimum atomic E-state index is -0.0213. The fourth-order valence-corrected chi connectivity index (χ4v) is 4.87. The van der Waals surface area contributed by atoms with Crippen LogP contribution in [0.1, 0.15) is 6.42 Å². The minimum absolute atomic E-state index is 0.0213. The van der Waals surface area contributed by atoms with Crippen molar-refractivity contribution in [2.45, 2.75) is 6.42 Å². The molecule has 2 heterocycles. The second-order valence-electron chi connectivity index (χ2n) is 4.88. The van der Waals surface area contributed by atoms with E-state index in [0.29, 0.717) is 11.6 Å². The van der Waals surface area contributed by atoms with Crippen molar-refractivity contribution in [3.05, 3.63) is 29.6 Å². The molecule has 0 aliphatic carbocycles. The summed E-state index contributed by atoms with van der Waals surface area (Å²) in [5.74, 6) is 2.54. The molecule has 0 unspecified atom stereocenters. The maximum absolute atomic E-state index is 12.0. The van der Waals surface area contributed by atoms with E-state index >= 15 is 0 Å². The summed E-state index contributed by atoms with van der Waals surface area (Å²) in [5, 5.41) is 5.40. The van der Waals surface area contributed by atoms with Crippen molar-refractivity contribution in [2.75, 3.05) is 30.5 Å². The van der Waals surface area contributed by atoms with Crippen LogP contribution in [0, 0.1) is 0 Å². The Morgan fingerprint density at radius 1 is 1.42 bits per heavy atom. The van der Waals surface area contributed by atoms with Gasteiger partial charge in [0.25, 0.3) is 0 Å². The number of nitrogens with one attached hydrogen (secondary N) is 1. The van der Waals surface area contributed by atoms with E-state index in [9.17, 15) is 4.79 Å². The number of hydrogen-bond donors (Lipinski definition) is 1. The summed E-state index contributed by atoms with van der Waals surface area (Å²) in [4.78, 5) is 20.9. The molecule has 1 aromatic heterocycles. The van der Waals surface area contributed by atoms with Gasteiger partial charge in [-0.2, -0.15) is 0 Å². The van der Waals surface area contributed by atoms with Gasteiger partial charge in [-0.1, -0.05) is 35.7 Å².